The first kappa shape index (κ1) is 18.8. The summed E-state index contributed by atoms with van der Waals surface area (Å²) < 4.78 is 10.7. The van der Waals surface area contributed by atoms with Crippen molar-refractivity contribution in [2.24, 2.45) is 0 Å². The van der Waals surface area contributed by atoms with Crippen molar-refractivity contribution in [1.82, 2.24) is 4.98 Å². The van der Waals surface area contributed by atoms with Crippen LogP contribution >= 0.6 is 0 Å². The average molecular weight is 387 g/mol. The fourth-order valence-corrected chi connectivity index (χ4v) is 3.34. The topological polar surface area (TPSA) is 71.6 Å². The normalized spacial score (nSPS) is 11.7. The number of benzene rings is 3. The molecule has 0 saturated heterocycles. The number of aliphatic hydroxyl groups is 1. The number of aliphatic hydroxyl groups excluding tert-OH is 1. The van der Waals surface area contributed by atoms with Gasteiger partial charge in [-0.25, -0.2) is 4.79 Å². The number of para-hydroxylation sites is 2. The highest BCUT2D eigenvalue weighted by Crippen LogP contribution is 2.31. The van der Waals surface area contributed by atoms with Crippen molar-refractivity contribution >= 4 is 33.9 Å². The van der Waals surface area contributed by atoms with Crippen molar-refractivity contribution in [3.8, 4) is 5.75 Å². The quantitative estimate of drug-likeness (QED) is 0.476. The van der Waals surface area contributed by atoms with Crippen molar-refractivity contribution in [2.45, 2.75) is 0 Å². The van der Waals surface area contributed by atoms with E-state index in [-0.39, 0.29) is 19.2 Å². The SMILES string of the molecule is COC(=O)c1ccc(/C=C(\CO)COc2cccc3c2[nH]c2ccccc23)cc1. The van der Waals surface area contributed by atoms with E-state index in [9.17, 15) is 9.90 Å². The van der Waals surface area contributed by atoms with Crippen LogP contribution in [0.3, 0.4) is 0 Å². The van der Waals surface area contributed by atoms with Gasteiger partial charge < -0.3 is 19.6 Å². The standard InChI is InChI=1S/C24H21NO4/c1-28-24(27)18-11-9-16(10-12-18)13-17(14-26)15-29-22-8-4-6-20-19-5-2-3-7-21(19)25-23(20)22/h2-13,25-26H,14-15H2,1H3/b17-13+. The minimum atomic E-state index is -0.377. The Labute approximate surface area is 168 Å². The molecule has 0 saturated carbocycles. The number of ether oxygens (including phenoxy) is 2. The zero-order valence-corrected chi connectivity index (χ0v) is 16.0. The van der Waals surface area contributed by atoms with Crippen molar-refractivity contribution < 1.29 is 19.4 Å². The fourth-order valence-electron chi connectivity index (χ4n) is 3.34. The molecule has 5 heteroatoms. The van der Waals surface area contributed by atoms with Crippen LogP contribution in [0.25, 0.3) is 27.9 Å². The molecule has 0 amide bonds. The van der Waals surface area contributed by atoms with Gasteiger partial charge in [0.15, 0.2) is 0 Å². The van der Waals surface area contributed by atoms with E-state index < -0.39 is 0 Å². The van der Waals surface area contributed by atoms with Crippen LogP contribution in [0.15, 0.2) is 72.3 Å². The second-order valence-corrected chi connectivity index (χ2v) is 6.71. The third kappa shape index (κ3) is 3.86. The maximum absolute atomic E-state index is 11.5. The first-order valence-electron chi connectivity index (χ1n) is 9.30. The van der Waals surface area contributed by atoms with E-state index in [4.69, 9.17) is 9.47 Å². The summed E-state index contributed by atoms with van der Waals surface area (Å²) in [5.74, 6) is 0.358. The summed E-state index contributed by atoms with van der Waals surface area (Å²) >= 11 is 0. The monoisotopic (exact) mass is 387 g/mol. The number of hydrogen-bond acceptors (Lipinski definition) is 4. The number of aromatic amines is 1. The number of nitrogens with one attached hydrogen (secondary N) is 1. The molecule has 1 aromatic heterocycles. The number of carbonyl (C=O) groups is 1. The van der Waals surface area contributed by atoms with Gasteiger partial charge in [-0.05, 0) is 35.4 Å². The Morgan fingerprint density at radius 3 is 2.52 bits per heavy atom. The van der Waals surface area contributed by atoms with E-state index in [0.717, 1.165) is 38.7 Å². The van der Waals surface area contributed by atoms with Gasteiger partial charge in [-0.15, -0.1) is 0 Å². The molecule has 0 spiro atoms. The van der Waals surface area contributed by atoms with Crippen LogP contribution in [0.5, 0.6) is 5.75 Å². The maximum Gasteiger partial charge on any atom is 0.337 e. The van der Waals surface area contributed by atoms with Gasteiger partial charge in [0.25, 0.3) is 0 Å². The molecular weight excluding hydrogens is 366 g/mol. The predicted octanol–water partition coefficient (Wildman–Crippen LogP) is 4.56. The molecule has 0 radical (unpaired) electrons. The molecule has 0 atom stereocenters. The van der Waals surface area contributed by atoms with Gasteiger partial charge in [-0.1, -0.05) is 48.5 Å². The van der Waals surface area contributed by atoms with Gasteiger partial charge in [0, 0.05) is 16.3 Å². The highest BCUT2D eigenvalue weighted by molar-refractivity contribution is 6.09. The summed E-state index contributed by atoms with van der Waals surface area (Å²) in [6.45, 7) is 0.130. The molecule has 2 N–H and O–H groups in total. The third-order valence-corrected chi connectivity index (χ3v) is 4.82. The van der Waals surface area contributed by atoms with Gasteiger partial charge in [0.1, 0.15) is 12.4 Å². The van der Waals surface area contributed by atoms with Gasteiger partial charge in [0.05, 0.1) is 24.8 Å². The predicted molar refractivity (Wildman–Crippen MR) is 114 cm³/mol. The van der Waals surface area contributed by atoms with E-state index in [0.29, 0.717) is 5.56 Å². The Balaban J connectivity index is 1.55. The molecule has 0 bridgehead atoms. The van der Waals surface area contributed by atoms with E-state index in [2.05, 4.69) is 17.1 Å². The highest BCUT2D eigenvalue weighted by atomic mass is 16.5. The minimum absolute atomic E-state index is 0.124. The zero-order chi connectivity index (χ0) is 20.2. The minimum Gasteiger partial charge on any atom is -0.487 e. The summed E-state index contributed by atoms with van der Waals surface area (Å²) in [7, 11) is 1.35. The fraction of sp³-hybridized carbons (Fsp3) is 0.125. The van der Waals surface area contributed by atoms with E-state index >= 15 is 0 Å². The number of carbonyl (C=O) groups excluding carboxylic acids is 1. The molecule has 4 aromatic rings. The van der Waals surface area contributed by atoms with Gasteiger partial charge in [-0.2, -0.15) is 0 Å². The lowest BCUT2D eigenvalue weighted by atomic mass is 10.1. The van der Waals surface area contributed by atoms with Crippen LogP contribution in [0, 0.1) is 0 Å². The molecule has 0 aliphatic carbocycles. The molecular formula is C24H21NO4. The Bertz CT molecular complexity index is 1190. The Morgan fingerprint density at radius 2 is 1.76 bits per heavy atom. The number of esters is 1. The summed E-state index contributed by atoms with van der Waals surface area (Å²) in [5, 5.41) is 12.0. The lowest BCUT2D eigenvalue weighted by Gasteiger charge is -2.09. The van der Waals surface area contributed by atoms with Crippen LogP contribution in [-0.4, -0.2) is 36.4 Å². The van der Waals surface area contributed by atoms with E-state index in [1.165, 1.54) is 7.11 Å². The van der Waals surface area contributed by atoms with Crippen LogP contribution in [0.2, 0.25) is 0 Å². The van der Waals surface area contributed by atoms with E-state index in [1.54, 1.807) is 24.3 Å². The van der Waals surface area contributed by atoms with Crippen molar-refractivity contribution in [1.29, 1.82) is 0 Å². The number of aromatic nitrogens is 1. The molecule has 146 valence electrons. The molecule has 0 aliphatic rings. The summed E-state index contributed by atoms with van der Waals surface area (Å²) in [4.78, 5) is 14.9. The molecule has 3 aromatic carbocycles. The lowest BCUT2D eigenvalue weighted by molar-refractivity contribution is 0.0600. The summed E-state index contributed by atoms with van der Waals surface area (Å²) in [6, 6.07) is 21.1. The largest absolute Gasteiger partial charge is 0.487 e. The van der Waals surface area contributed by atoms with Crippen LogP contribution in [0.1, 0.15) is 15.9 Å². The maximum atomic E-state index is 11.5. The first-order valence-corrected chi connectivity index (χ1v) is 9.30. The number of hydrogen-bond donors (Lipinski definition) is 2. The number of fused-ring (bicyclic) bond motifs is 3. The van der Waals surface area contributed by atoms with Crippen LogP contribution < -0.4 is 4.74 Å². The second kappa shape index (κ2) is 8.20. The number of rotatable bonds is 6. The molecule has 0 fully saturated rings. The molecule has 0 unspecified atom stereocenters. The Hall–Kier alpha value is -3.57. The van der Waals surface area contributed by atoms with Crippen molar-refractivity contribution in [3.05, 3.63) is 83.4 Å². The van der Waals surface area contributed by atoms with Crippen LogP contribution in [0.4, 0.5) is 0 Å². The summed E-state index contributed by atoms with van der Waals surface area (Å²) in [6.07, 6.45) is 1.85. The molecule has 4 rings (SSSR count). The Kier molecular flexibility index (Phi) is 5.31. The molecule has 0 aliphatic heterocycles. The number of methoxy groups -OCH3 is 1. The molecule has 1 heterocycles. The molecule has 5 nitrogen and oxygen atoms in total. The van der Waals surface area contributed by atoms with Crippen LogP contribution in [-0.2, 0) is 4.74 Å². The van der Waals surface area contributed by atoms with Crippen molar-refractivity contribution in [3.63, 3.8) is 0 Å². The zero-order valence-electron chi connectivity index (χ0n) is 16.0. The van der Waals surface area contributed by atoms with Gasteiger partial charge in [0.2, 0.25) is 0 Å². The lowest BCUT2D eigenvalue weighted by Crippen LogP contribution is -2.05. The number of H-pyrrole nitrogens is 1. The highest BCUT2D eigenvalue weighted by Gasteiger charge is 2.09. The third-order valence-electron chi connectivity index (χ3n) is 4.82. The smallest absolute Gasteiger partial charge is 0.337 e. The van der Waals surface area contributed by atoms with E-state index in [1.807, 2.05) is 36.4 Å². The Morgan fingerprint density at radius 1 is 1.00 bits per heavy atom. The van der Waals surface area contributed by atoms with Gasteiger partial charge >= 0.3 is 5.97 Å². The summed E-state index contributed by atoms with van der Waals surface area (Å²) in [5.41, 5.74) is 4.07. The molecule has 29 heavy (non-hydrogen) atoms. The second-order valence-electron chi connectivity index (χ2n) is 6.71. The first-order chi connectivity index (χ1) is 14.2. The average Bonchev–Trinajstić information content (AvgIpc) is 3.16. The van der Waals surface area contributed by atoms with Crippen molar-refractivity contribution in [2.75, 3.05) is 20.3 Å². The van der Waals surface area contributed by atoms with Gasteiger partial charge in [-0.3, -0.25) is 0 Å².